The van der Waals surface area contributed by atoms with Crippen LogP contribution in [-0.4, -0.2) is 6.29 Å². The second-order valence-electron chi connectivity index (χ2n) is 3.44. The van der Waals surface area contributed by atoms with Crippen molar-refractivity contribution >= 4 is 12.4 Å². The molecule has 14 heavy (non-hydrogen) atoms. The molecule has 0 aliphatic carbocycles. The topological polar surface area (TPSA) is 17.1 Å². The molecule has 1 aromatic carbocycles. The number of carbonyl (C=O) groups is 1. The van der Waals surface area contributed by atoms with Crippen molar-refractivity contribution in [2.24, 2.45) is 0 Å². The van der Waals surface area contributed by atoms with Crippen molar-refractivity contribution < 1.29 is 4.79 Å². The quantitative estimate of drug-likeness (QED) is 0.523. The fraction of sp³-hybridized carbons (Fsp3) is 0.308. The van der Waals surface area contributed by atoms with Gasteiger partial charge in [0.2, 0.25) is 0 Å². The summed E-state index contributed by atoms with van der Waals surface area (Å²) in [6.07, 6.45) is 4.80. The number of benzene rings is 1. The Morgan fingerprint density at radius 1 is 1.36 bits per heavy atom. The van der Waals surface area contributed by atoms with E-state index in [1.54, 1.807) is 0 Å². The van der Waals surface area contributed by atoms with Crippen LogP contribution in [0.15, 0.2) is 29.8 Å². The molecular weight excluding hydrogens is 172 g/mol. The SMILES string of the molecule is CCC/C(C=O)=C\c1ccccc1C. The van der Waals surface area contributed by atoms with Crippen molar-refractivity contribution in [1.82, 2.24) is 0 Å². The first-order valence-corrected chi connectivity index (χ1v) is 4.99. The lowest BCUT2D eigenvalue weighted by atomic mass is 10.0. The second-order valence-corrected chi connectivity index (χ2v) is 3.44. The molecule has 0 atom stereocenters. The summed E-state index contributed by atoms with van der Waals surface area (Å²) in [6, 6.07) is 8.09. The van der Waals surface area contributed by atoms with Crippen molar-refractivity contribution in [3.8, 4) is 0 Å². The summed E-state index contributed by atoms with van der Waals surface area (Å²) in [4.78, 5) is 10.7. The minimum Gasteiger partial charge on any atom is -0.298 e. The van der Waals surface area contributed by atoms with Gasteiger partial charge in [-0.05, 0) is 36.1 Å². The lowest BCUT2D eigenvalue weighted by Gasteiger charge is -2.01. The van der Waals surface area contributed by atoms with Crippen LogP contribution in [0.5, 0.6) is 0 Å². The monoisotopic (exact) mass is 188 g/mol. The summed E-state index contributed by atoms with van der Waals surface area (Å²) in [5, 5.41) is 0. The summed E-state index contributed by atoms with van der Waals surface area (Å²) in [6.45, 7) is 4.13. The van der Waals surface area contributed by atoms with Crippen LogP contribution in [0.1, 0.15) is 30.9 Å². The van der Waals surface area contributed by atoms with Gasteiger partial charge in [-0.3, -0.25) is 4.79 Å². The minimum absolute atomic E-state index is 0.859. The molecule has 0 fully saturated rings. The van der Waals surface area contributed by atoms with Gasteiger partial charge >= 0.3 is 0 Å². The zero-order valence-corrected chi connectivity index (χ0v) is 8.79. The number of hydrogen-bond donors (Lipinski definition) is 0. The lowest BCUT2D eigenvalue weighted by molar-refractivity contribution is -0.105. The third-order valence-corrected chi connectivity index (χ3v) is 2.22. The Kier molecular flexibility index (Phi) is 4.11. The van der Waals surface area contributed by atoms with Crippen LogP contribution in [0, 0.1) is 6.92 Å². The van der Waals surface area contributed by atoms with E-state index in [-0.39, 0.29) is 0 Å². The van der Waals surface area contributed by atoms with Crippen molar-refractivity contribution in [3.63, 3.8) is 0 Å². The zero-order chi connectivity index (χ0) is 10.4. The number of aryl methyl sites for hydroxylation is 1. The molecule has 0 saturated carbocycles. The fourth-order valence-corrected chi connectivity index (χ4v) is 1.40. The molecule has 0 N–H and O–H groups in total. The van der Waals surface area contributed by atoms with Gasteiger partial charge < -0.3 is 0 Å². The molecule has 0 aliphatic rings. The van der Waals surface area contributed by atoms with Crippen LogP contribution >= 0.6 is 0 Å². The van der Waals surface area contributed by atoms with E-state index >= 15 is 0 Å². The number of hydrogen-bond acceptors (Lipinski definition) is 1. The average Bonchev–Trinajstić information content (AvgIpc) is 2.20. The van der Waals surface area contributed by atoms with E-state index in [2.05, 4.69) is 19.9 Å². The standard InChI is InChI=1S/C13H16O/c1-3-6-12(10-14)9-13-8-5-4-7-11(13)2/h4-5,7-10H,3,6H2,1-2H3/b12-9+. The molecule has 1 rings (SSSR count). The molecule has 0 bridgehead atoms. The van der Waals surface area contributed by atoms with E-state index in [0.717, 1.165) is 30.3 Å². The fourth-order valence-electron chi connectivity index (χ4n) is 1.40. The molecule has 0 radical (unpaired) electrons. The van der Waals surface area contributed by atoms with Crippen LogP contribution in [0.3, 0.4) is 0 Å². The van der Waals surface area contributed by atoms with Crippen molar-refractivity contribution in [1.29, 1.82) is 0 Å². The molecule has 0 heterocycles. The van der Waals surface area contributed by atoms with E-state index in [4.69, 9.17) is 0 Å². The number of aldehydes is 1. The highest BCUT2D eigenvalue weighted by Crippen LogP contribution is 2.13. The van der Waals surface area contributed by atoms with Crippen LogP contribution in [0.4, 0.5) is 0 Å². The molecule has 1 heteroatoms. The summed E-state index contributed by atoms with van der Waals surface area (Å²) < 4.78 is 0. The van der Waals surface area contributed by atoms with Crippen molar-refractivity contribution in [2.45, 2.75) is 26.7 Å². The van der Waals surface area contributed by atoms with Gasteiger partial charge in [0.1, 0.15) is 6.29 Å². The maximum absolute atomic E-state index is 10.7. The molecule has 0 saturated heterocycles. The summed E-state index contributed by atoms with van der Waals surface area (Å²) in [5.41, 5.74) is 3.23. The third kappa shape index (κ3) is 2.84. The largest absolute Gasteiger partial charge is 0.298 e. The molecule has 74 valence electrons. The Hall–Kier alpha value is -1.37. The second kappa shape index (κ2) is 5.38. The number of allylic oxidation sites excluding steroid dienone is 1. The lowest BCUT2D eigenvalue weighted by Crippen LogP contribution is -1.86. The van der Waals surface area contributed by atoms with Crippen LogP contribution in [0.2, 0.25) is 0 Å². The molecule has 1 nitrogen and oxygen atoms in total. The third-order valence-electron chi connectivity index (χ3n) is 2.22. The Balaban J connectivity index is 2.94. The van der Waals surface area contributed by atoms with Crippen molar-refractivity contribution in [3.05, 3.63) is 41.0 Å². The van der Waals surface area contributed by atoms with E-state index in [9.17, 15) is 4.79 Å². The Bertz CT molecular complexity index is 337. The molecule has 0 amide bonds. The van der Waals surface area contributed by atoms with Gasteiger partial charge in [0.15, 0.2) is 0 Å². The van der Waals surface area contributed by atoms with Gasteiger partial charge in [-0.25, -0.2) is 0 Å². The summed E-state index contributed by atoms with van der Waals surface area (Å²) >= 11 is 0. The predicted octanol–water partition coefficient (Wildman–Crippen LogP) is 3.38. The maximum atomic E-state index is 10.7. The van der Waals surface area contributed by atoms with Gasteiger partial charge in [-0.15, -0.1) is 0 Å². The predicted molar refractivity (Wildman–Crippen MR) is 60.1 cm³/mol. The minimum atomic E-state index is 0.859. The molecule has 1 aromatic rings. The summed E-state index contributed by atoms with van der Waals surface area (Å²) in [7, 11) is 0. The number of rotatable bonds is 4. The highest BCUT2D eigenvalue weighted by atomic mass is 16.1. The average molecular weight is 188 g/mol. The Labute approximate surface area is 85.5 Å². The highest BCUT2D eigenvalue weighted by Gasteiger charge is 1.96. The zero-order valence-electron chi connectivity index (χ0n) is 8.79. The Morgan fingerprint density at radius 2 is 2.07 bits per heavy atom. The first-order valence-electron chi connectivity index (χ1n) is 4.99. The maximum Gasteiger partial charge on any atom is 0.146 e. The number of carbonyl (C=O) groups excluding carboxylic acids is 1. The van der Waals surface area contributed by atoms with Gasteiger partial charge in [-0.1, -0.05) is 37.6 Å². The van der Waals surface area contributed by atoms with E-state index < -0.39 is 0 Å². The van der Waals surface area contributed by atoms with Crippen molar-refractivity contribution in [2.75, 3.05) is 0 Å². The van der Waals surface area contributed by atoms with Crippen LogP contribution in [0.25, 0.3) is 6.08 Å². The molecule has 0 aromatic heterocycles. The Morgan fingerprint density at radius 3 is 2.64 bits per heavy atom. The van der Waals surface area contributed by atoms with E-state index in [1.807, 2.05) is 24.3 Å². The van der Waals surface area contributed by atoms with Crippen LogP contribution in [-0.2, 0) is 4.79 Å². The molecule has 0 aliphatic heterocycles. The first kappa shape index (κ1) is 10.7. The normalized spacial score (nSPS) is 11.4. The smallest absolute Gasteiger partial charge is 0.146 e. The summed E-state index contributed by atoms with van der Waals surface area (Å²) in [5.74, 6) is 0. The van der Waals surface area contributed by atoms with E-state index in [1.165, 1.54) is 5.56 Å². The van der Waals surface area contributed by atoms with Gasteiger partial charge in [0, 0.05) is 0 Å². The molecule has 0 spiro atoms. The molecular formula is C13H16O. The van der Waals surface area contributed by atoms with Gasteiger partial charge in [0.05, 0.1) is 0 Å². The van der Waals surface area contributed by atoms with Crippen LogP contribution < -0.4 is 0 Å². The van der Waals surface area contributed by atoms with Gasteiger partial charge in [-0.2, -0.15) is 0 Å². The molecule has 0 unspecified atom stereocenters. The first-order chi connectivity index (χ1) is 6.77. The van der Waals surface area contributed by atoms with E-state index in [0.29, 0.717) is 0 Å². The van der Waals surface area contributed by atoms with Gasteiger partial charge in [0.25, 0.3) is 0 Å². The highest BCUT2D eigenvalue weighted by molar-refractivity contribution is 5.82.